The van der Waals surface area contributed by atoms with E-state index < -0.39 is 15.8 Å². The molecule has 1 aromatic rings. The molecular weight excluding hydrogens is 269 g/mol. The summed E-state index contributed by atoms with van der Waals surface area (Å²) in [6.45, 7) is 3.48. The maximum atomic E-state index is 12.8. The van der Waals surface area contributed by atoms with E-state index in [-0.39, 0.29) is 11.0 Å². The van der Waals surface area contributed by atoms with Gasteiger partial charge in [-0.25, -0.2) is 12.8 Å². The molecular formula is C13H18FNO3S. The molecule has 106 valence electrons. The highest BCUT2D eigenvalue weighted by atomic mass is 32.2. The SMILES string of the molecule is CCOC1CCN(S(=O)(=O)c2ccc(F)cc2)CC1. The van der Waals surface area contributed by atoms with Gasteiger partial charge in [0.05, 0.1) is 11.0 Å². The van der Waals surface area contributed by atoms with E-state index in [2.05, 4.69) is 0 Å². The Bertz CT molecular complexity index is 507. The summed E-state index contributed by atoms with van der Waals surface area (Å²) in [4.78, 5) is 0.142. The molecule has 0 aliphatic carbocycles. The number of halogens is 1. The number of benzene rings is 1. The predicted molar refractivity (Wildman–Crippen MR) is 69.8 cm³/mol. The first-order chi connectivity index (χ1) is 9.04. The van der Waals surface area contributed by atoms with Crippen LogP contribution in [0.2, 0.25) is 0 Å². The smallest absolute Gasteiger partial charge is 0.243 e. The number of sulfonamides is 1. The molecule has 1 aromatic carbocycles. The molecule has 0 radical (unpaired) electrons. The Morgan fingerprint density at radius 3 is 2.37 bits per heavy atom. The normalized spacial score (nSPS) is 18.6. The highest BCUT2D eigenvalue weighted by Gasteiger charge is 2.29. The van der Waals surface area contributed by atoms with Gasteiger partial charge in [0.25, 0.3) is 0 Å². The van der Waals surface area contributed by atoms with Crippen LogP contribution in [0.5, 0.6) is 0 Å². The molecule has 1 saturated heterocycles. The molecule has 19 heavy (non-hydrogen) atoms. The Morgan fingerprint density at radius 1 is 1.26 bits per heavy atom. The summed E-state index contributed by atoms with van der Waals surface area (Å²) < 4.78 is 44.4. The van der Waals surface area contributed by atoms with Crippen LogP contribution < -0.4 is 0 Å². The molecule has 2 rings (SSSR count). The van der Waals surface area contributed by atoms with Crippen LogP contribution in [0, 0.1) is 5.82 Å². The third-order valence-electron chi connectivity index (χ3n) is 3.25. The van der Waals surface area contributed by atoms with Crippen molar-refractivity contribution in [2.45, 2.75) is 30.8 Å². The predicted octanol–water partition coefficient (Wildman–Crippen LogP) is 2.02. The van der Waals surface area contributed by atoms with Crippen molar-refractivity contribution in [3.63, 3.8) is 0 Å². The van der Waals surface area contributed by atoms with Gasteiger partial charge in [-0.05, 0) is 44.0 Å². The van der Waals surface area contributed by atoms with Crippen LogP contribution in [0.15, 0.2) is 29.2 Å². The fourth-order valence-corrected chi connectivity index (χ4v) is 3.70. The largest absolute Gasteiger partial charge is 0.378 e. The van der Waals surface area contributed by atoms with Crippen LogP contribution >= 0.6 is 0 Å². The molecule has 0 amide bonds. The number of rotatable bonds is 4. The van der Waals surface area contributed by atoms with E-state index in [0.29, 0.717) is 32.5 Å². The number of hydrogen-bond acceptors (Lipinski definition) is 3. The molecule has 0 atom stereocenters. The maximum Gasteiger partial charge on any atom is 0.243 e. The van der Waals surface area contributed by atoms with Crippen molar-refractivity contribution >= 4 is 10.0 Å². The fourth-order valence-electron chi connectivity index (χ4n) is 2.23. The number of piperidine rings is 1. The topological polar surface area (TPSA) is 46.6 Å². The summed E-state index contributed by atoms with van der Waals surface area (Å²) in [5.74, 6) is -0.436. The number of nitrogens with zero attached hydrogens (tertiary/aromatic N) is 1. The molecule has 1 fully saturated rings. The quantitative estimate of drug-likeness (QED) is 0.851. The van der Waals surface area contributed by atoms with Crippen LogP contribution in [0.3, 0.4) is 0 Å². The summed E-state index contributed by atoms with van der Waals surface area (Å²) in [6, 6.07) is 4.94. The third kappa shape index (κ3) is 3.32. The number of hydrogen-bond donors (Lipinski definition) is 0. The van der Waals surface area contributed by atoms with Gasteiger partial charge in [-0.3, -0.25) is 0 Å². The highest BCUT2D eigenvalue weighted by Crippen LogP contribution is 2.22. The minimum absolute atomic E-state index is 0.142. The Balaban J connectivity index is 2.07. The van der Waals surface area contributed by atoms with Gasteiger partial charge < -0.3 is 4.74 Å². The zero-order valence-corrected chi connectivity index (χ0v) is 11.7. The molecule has 4 nitrogen and oxygen atoms in total. The maximum absolute atomic E-state index is 12.8. The van der Waals surface area contributed by atoms with E-state index in [1.165, 1.54) is 28.6 Å². The zero-order valence-electron chi connectivity index (χ0n) is 10.9. The van der Waals surface area contributed by atoms with Crippen LogP contribution in [-0.2, 0) is 14.8 Å². The van der Waals surface area contributed by atoms with Crippen LogP contribution in [0.25, 0.3) is 0 Å². The lowest BCUT2D eigenvalue weighted by atomic mass is 10.1. The standard InChI is InChI=1S/C13H18FNO3S/c1-2-18-12-7-9-15(10-8-12)19(16,17)13-5-3-11(14)4-6-13/h3-6,12H,2,7-10H2,1H3. The zero-order chi connectivity index (χ0) is 13.9. The Hall–Kier alpha value is -0.980. The van der Waals surface area contributed by atoms with E-state index >= 15 is 0 Å². The van der Waals surface area contributed by atoms with Crippen molar-refractivity contribution in [1.82, 2.24) is 4.31 Å². The van der Waals surface area contributed by atoms with Gasteiger partial charge in [0.1, 0.15) is 5.82 Å². The van der Waals surface area contributed by atoms with Crippen molar-refractivity contribution in [3.8, 4) is 0 Å². The summed E-state index contributed by atoms with van der Waals surface area (Å²) in [7, 11) is -3.51. The molecule has 1 aliphatic rings. The first kappa shape index (κ1) is 14.4. The minimum Gasteiger partial charge on any atom is -0.378 e. The first-order valence-electron chi connectivity index (χ1n) is 6.41. The van der Waals surface area contributed by atoms with Crippen molar-refractivity contribution in [1.29, 1.82) is 0 Å². The molecule has 0 unspecified atom stereocenters. The van der Waals surface area contributed by atoms with Crippen molar-refractivity contribution in [2.24, 2.45) is 0 Å². The molecule has 0 spiro atoms. The van der Waals surface area contributed by atoms with Crippen LogP contribution in [0.1, 0.15) is 19.8 Å². The average Bonchev–Trinajstić information content (AvgIpc) is 2.40. The molecule has 0 N–H and O–H groups in total. The lowest BCUT2D eigenvalue weighted by molar-refractivity contribution is 0.0290. The second-order valence-corrected chi connectivity index (χ2v) is 6.45. The molecule has 1 aliphatic heterocycles. The van der Waals surface area contributed by atoms with E-state index in [1.807, 2.05) is 6.92 Å². The lowest BCUT2D eigenvalue weighted by Gasteiger charge is -2.30. The first-order valence-corrected chi connectivity index (χ1v) is 7.85. The molecule has 6 heteroatoms. The van der Waals surface area contributed by atoms with E-state index in [0.717, 1.165) is 0 Å². The van der Waals surface area contributed by atoms with Crippen molar-refractivity contribution in [3.05, 3.63) is 30.1 Å². The van der Waals surface area contributed by atoms with Crippen LogP contribution in [-0.4, -0.2) is 38.5 Å². The second kappa shape index (κ2) is 5.98. The monoisotopic (exact) mass is 287 g/mol. The Morgan fingerprint density at radius 2 is 1.84 bits per heavy atom. The van der Waals surface area contributed by atoms with Gasteiger partial charge in [-0.15, -0.1) is 0 Å². The average molecular weight is 287 g/mol. The van der Waals surface area contributed by atoms with Crippen LogP contribution in [0.4, 0.5) is 4.39 Å². The lowest BCUT2D eigenvalue weighted by Crippen LogP contribution is -2.40. The summed E-state index contributed by atoms with van der Waals surface area (Å²) in [6.07, 6.45) is 1.55. The van der Waals surface area contributed by atoms with Gasteiger partial charge in [-0.2, -0.15) is 4.31 Å². The molecule has 1 heterocycles. The summed E-state index contributed by atoms with van der Waals surface area (Å²) >= 11 is 0. The highest BCUT2D eigenvalue weighted by molar-refractivity contribution is 7.89. The van der Waals surface area contributed by atoms with Crippen molar-refractivity contribution < 1.29 is 17.5 Å². The van der Waals surface area contributed by atoms with E-state index in [1.54, 1.807) is 0 Å². The second-order valence-electron chi connectivity index (χ2n) is 4.51. The van der Waals surface area contributed by atoms with E-state index in [4.69, 9.17) is 4.74 Å². The Kier molecular flexibility index (Phi) is 4.54. The third-order valence-corrected chi connectivity index (χ3v) is 5.17. The van der Waals surface area contributed by atoms with E-state index in [9.17, 15) is 12.8 Å². The van der Waals surface area contributed by atoms with Crippen molar-refractivity contribution in [2.75, 3.05) is 19.7 Å². The van der Waals surface area contributed by atoms with Gasteiger partial charge in [0.15, 0.2) is 0 Å². The fraction of sp³-hybridized carbons (Fsp3) is 0.538. The number of ether oxygens (including phenoxy) is 1. The molecule has 0 aromatic heterocycles. The van der Waals surface area contributed by atoms with Gasteiger partial charge in [-0.1, -0.05) is 0 Å². The summed E-state index contributed by atoms with van der Waals surface area (Å²) in [5, 5.41) is 0. The van der Waals surface area contributed by atoms with Gasteiger partial charge >= 0.3 is 0 Å². The van der Waals surface area contributed by atoms with Gasteiger partial charge in [0.2, 0.25) is 10.0 Å². The minimum atomic E-state index is -3.51. The van der Waals surface area contributed by atoms with Gasteiger partial charge in [0, 0.05) is 19.7 Å². The molecule has 0 bridgehead atoms. The molecule has 0 saturated carbocycles. The Labute approximate surface area is 113 Å². The summed E-state index contributed by atoms with van der Waals surface area (Å²) in [5.41, 5.74) is 0.